The average molecular weight is 371 g/mol. The number of benzene rings is 1. The zero-order chi connectivity index (χ0) is 18.7. The number of aromatic nitrogens is 2. The van der Waals surface area contributed by atoms with Gasteiger partial charge in [-0.1, -0.05) is 35.5 Å². The Bertz CT molecular complexity index is 933. The molecule has 0 aliphatic rings. The van der Waals surface area contributed by atoms with Crippen LogP contribution in [0.2, 0.25) is 0 Å². The summed E-state index contributed by atoms with van der Waals surface area (Å²) in [6.07, 6.45) is -0.985. The first-order chi connectivity index (χ1) is 12.4. The van der Waals surface area contributed by atoms with E-state index in [-0.39, 0.29) is 5.82 Å². The van der Waals surface area contributed by atoms with E-state index in [9.17, 15) is 9.59 Å². The summed E-state index contributed by atoms with van der Waals surface area (Å²) in [5.41, 5.74) is 1.49. The normalized spacial score (nSPS) is 11.8. The fourth-order valence-electron chi connectivity index (χ4n) is 2.21. The molecule has 0 spiro atoms. The number of esters is 1. The molecule has 0 saturated heterocycles. The number of rotatable bonds is 5. The van der Waals surface area contributed by atoms with Crippen LogP contribution in [0.15, 0.2) is 40.9 Å². The van der Waals surface area contributed by atoms with Gasteiger partial charge in [0.1, 0.15) is 15.6 Å². The van der Waals surface area contributed by atoms with Crippen LogP contribution in [0.1, 0.15) is 28.0 Å². The van der Waals surface area contributed by atoms with Gasteiger partial charge in [0.2, 0.25) is 0 Å². The highest BCUT2D eigenvalue weighted by Gasteiger charge is 2.23. The number of carbonyl (C=O) groups excluding carboxylic acids is 2. The molecule has 0 aliphatic heterocycles. The molecule has 0 saturated carbocycles. The number of aryl methyl sites for hydroxylation is 2. The van der Waals surface area contributed by atoms with E-state index in [1.54, 1.807) is 19.9 Å². The van der Waals surface area contributed by atoms with Crippen LogP contribution in [0.5, 0.6) is 0 Å². The zero-order valence-electron chi connectivity index (χ0n) is 14.5. The van der Waals surface area contributed by atoms with Gasteiger partial charge in [0.25, 0.3) is 5.91 Å². The molecule has 0 radical (unpaired) electrons. The summed E-state index contributed by atoms with van der Waals surface area (Å²) in [4.78, 5) is 29.3. The SMILES string of the molecule is Cc1cc(NC(=O)[C@H](C)OC(=O)c2sc(-c3ccccc3)nc2C)no1. The van der Waals surface area contributed by atoms with Crippen LogP contribution in [0.4, 0.5) is 5.82 Å². The number of nitrogens with one attached hydrogen (secondary N) is 1. The predicted molar refractivity (Wildman–Crippen MR) is 97.0 cm³/mol. The molecular weight excluding hydrogens is 354 g/mol. The molecule has 0 fully saturated rings. The van der Waals surface area contributed by atoms with E-state index < -0.39 is 18.0 Å². The first-order valence-corrected chi connectivity index (χ1v) is 8.73. The van der Waals surface area contributed by atoms with Crippen molar-refractivity contribution in [2.75, 3.05) is 5.32 Å². The molecule has 1 N–H and O–H groups in total. The molecule has 0 aliphatic carbocycles. The number of hydrogen-bond acceptors (Lipinski definition) is 7. The van der Waals surface area contributed by atoms with Crippen molar-refractivity contribution >= 4 is 29.0 Å². The van der Waals surface area contributed by atoms with E-state index >= 15 is 0 Å². The first-order valence-electron chi connectivity index (χ1n) is 7.92. The summed E-state index contributed by atoms with van der Waals surface area (Å²) in [7, 11) is 0. The molecule has 8 heteroatoms. The van der Waals surface area contributed by atoms with Gasteiger partial charge >= 0.3 is 5.97 Å². The van der Waals surface area contributed by atoms with Gasteiger partial charge < -0.3 is 14.6 Å². The Kier molecular flexibility index (Phi) is 5.13. The van der Waals surface area contributed by atoms with Gasteiger partial charge in [-0.05, 0) is 20.8 Å². The van der Waals surface area contributed by atoms with Crippen LogP contribution in [-0.2, 0) is 9.53 Å². The number of thiazole rings is 1. The van der Waals surface area contributed by atoms with Crippen LogP contribution in [0.3, 0.4) is 0 Å². The summed E-state index contributed by atoms with van der Waals surface area (Å²) >= 11 is 1.24. The Morgan fingerprint density at radius 2 is 1.96 bits per heavy atom. The molecule has 1 aromatic carbocycles. The lowest BCUT2D eigenvalue weighted by atomic mass is 10.2. The summed E-state index contributed by atoms with van der Waals surface area (Å²) in [6.45, 7) is 4.94. The molecule has 3 rings (SSSR count). The molecule has 1 amide bonds. The lowest BCUT2D eigenvalue weighted by molar-refractivity contribution is -0.123. The highest BCUT2D eigenvalue weighted by atomic mass is 32.1. The minimum atomic E-state index is -0.985. The summed E-state index contributed by atoms with van der Waals surface area (Å²) < 4.78 is 10.1. The minimum Gasteiger partial charge on any atom is -0.448 e. The fourth-order valence-corrected chi connectivity index (χ4v) is 3.17. The fraction of sp³-hybridized carbons (Fsp3) is 0.222. The van der Waals surface area contributed by atoms with Crippen LogP contribution in [0.25, 0.3) is 10.6 Å². The first kappa shape index (κ1) is 17.8. The predicted octanol–water partition coefficient (Wildman–Crippen LogP) is 3.60. The quantitative estimate of drug-likeness (QED) is 0.689. The zero-order valence-corrected chi connectivity index (χ0v) is 15.3. The van der Waals surface area contributed by atoms with E-state index in [0.29, 0.717) is 16.3 Å². The van der Waals surface area contributed by atoms with Crippen LogP contribution >= 0.6 is 11.3 Å². The lowest BCUT2D eigenvalue weighted by Crippen LogP contribution is -2.30. The highest BCUT2D eigenvalue weighted by molar-refractivity contribution is 7.17. The number of carbonyl (C=O) groups is 2. The van der Waals surface area contributed by atoms with E-state index in [2.05, 4.69) is 15.5 Å². The van der Waals surface area contributed by atoms with Crippen molar-refractivity contribution in [3.63, 3.8) is 0 Å². The van der Waals surface area contributed by atoms with Gasteiger partial charge in [-0.25, -0.2) is 9.78 Å². The third-order valence-electron chi connectivity index (χ3n) is 3.54. The molecular formula is C18H17N3O4S. The number of nitrogens with zero attached hydrogens (tertiary/aromatic N) is 2. The monoisotopic (exact) mass is 371 g/mol. The van der Waals surface area contributed by atoms with Gasteiger partial charge in [0.05, 0.1) is 5.69 Å². The van der Waals surface area contributed by atoms with Gasteiger partial charge in [-0.15, -0.1) is 11.3 Å². The third kappa shape index (κ3) is 3.97. The smallest absolute Gasteiger partial charge is 0.351 e. The van der Waals surface area contributed by atoms with Crippen molar-refractivity contribution in [1.82, 2.24) is 10.1 Å². The van der Waals surface area contributed by atoms with Crippen molar-refractivity contribution in [3.8, 4) is 10.6 Å². The Morgan fingerprint density at radius 3 is 2.62 bits per heavy atom. The van der Waals surface area contributed by atoms with Crippen LogP contribution in [0, 0.1) is 13.8 Å². The van der Waals surface area contributed by atoms with Gasteiger partial charge in [0.15, 0.2) is 11.9 Å². The molecule has 26 heavy (non-hydrogen) atoms. The van der Waals surface area contributed by atoms with E-state index in [0.717, 1.165) is 10.6 Å². The lowest BCUT2D eigenvalue weighted by Gasteiger charge is -2.11. The maximum atomic E-state index is 12.4. The maximum Gasteiger partial charge on any atom is 0.351 e. The molecule has 0 bridgehead atoms. The second-order valence-electron chi connectivity index (χ2n) is 5.66. The number of amides is 1. The minimum absolute atomic E-state index is 0.274. The molecule has 134 valence electrons. The Labute approximate surface area is 154 Å². The van der Waals surface area contributed by atoms with Crippen LogP contribution < -0.4 is 5.32 Å². The Morgan fingerprint density at radius 1 is 1.23 bits per heavy atom. The molecule has 0 unspecified atom stereocenters. The second kappa shape index (κ2) is 7.49. The number of hydrogen-bond donors (Lipinski definition) is 1. The van der Waals surface area contributed by atoms with Crippen molar-refractivity contribution in [1.29, 1.82) is 0 Å². The second-order valence-corrected chi connectivity index (χ2v) is 6.66. The summed E-state index contributed by atoms with van der Waals surface area (Å²) in [5, 5.41) is 6.93. The maximum absolute atomic E-state index is 12.4. The summed E-state index contributed by atoms with van der Waals surface area (Å²) in [6, 6.07) is 11.1. The van der Waals surface area contributed by atoms with E-state index in [1.165, 1.54) is 18.3 Å². The number of ether oxygens (including phenoxy) is 1. The van der Waals surface area contributed by atoms with Gasteiger partial charge in [0, 0.05) is 11.6 Å². The van der Waals surface area contributed by atoms with Crippen molar-refractivity contribution in [2.45, 2.75) is 26.9 Å². The van der Waals surface area contributed by atoms with E-state index in [1.807, 2.05) is 30.3 Å². The van der Waals surface area contributed by atoms with Crippen molar-refractivity contribution in [2.24, 2.45) is 0 Å². The topological polar surface area (TPSA) is 94.3 Å². The van der Waals surface area contributed by atoms with Crippen molar-refractivity contribution in [3.05, 3.63) is 52.7 Å². The molecule has 3 aromatic rings. The largest absolute Gasteiger partial charge is 0.448 e. The Hall–Kier alpha value is -3.00. The Balaban J connectivity index is 1.67. The average Bonchev–Trinajstić information content (AvgIpc) is 3.21. The standard InChI is InChI=1S/C18H17N3O4S/c1-10-9-14(21-25-10)20-16(22)12(3)24-18(23)15-11(2)19-17(26-15)13-7-5-4-6-8-13/h4-9,12H,1-3H3,(H,20,21,22)/t12-/m0/s1. The highest BCUT2D eigenvalue weighted by Crippen LogP contribution is 2.28. The van der Waals surface area contributed by atoms with Gasteiger partial charge in [-0.2, -0.15) is 0 Å². The third-order valence-corrected chi connectivity index (χ3v) is 4.72. The summed E-state index contributed by atoms with van der Waals surface area (Å²) in [5.74, 6) is -0.229. The molecule has 7 nitrogen and oxygen atoms in total. The number of anilines is 1. The van der Waals surface area contributed by atoms with Crippen molar-refractivity contribution < 1.29 is 18.8 Å². The molecule has 2 aromatic heterocycles. The molecule has 2 heterocycles. The van der Waals surface area contributed by atoms with Crippen LogP contribution in [-0.4, -0.2) is 28.1 Å². The van der Waals surface area contributed by atoms with E-state index in [4.69, 9.17) is 9.26 Å². The van der Waals surface area contributed by atoms with Gasteiger partial charge in [-0.3, -0.25) is 4.79 Å². The molecule has 1 atom stereocenters.